The largest absolute Gasteiger partial charge is 0.491 e. The first-order valence-electron chi connectivity index (χ1n) is 8.57. The van der Waals surface area contributed by atoms with Crippen LogP contribution in [0.1, 0.15) is 41.0 Å². The number of nitrogens with zero attached hydrogens (tertiary/aromatic N) is 1. The Labute approximate surface area is 161 Å². The summed E-state index contributed by atoms with van der Waals surface area (Å²) in [6.45, 7) is 4.02. The number of rotatable bonds is 6. The summed E-state index contributed by atoms with van der Waals surface area (Å²) in [5.74, 6) is -0.0186. The first kappa shape index (κ1) is 18.8. The molecule has 27 heavy (non-hydrogen) atoms. The third kappa shape index (κ3) is 4.43. The highest BCUT2D eigenvalue weighted by Gasteiger charge is 2.13. The summed E-state index contributed by atoms with van der Waals surface area (Å²) in [6.07, 6.45) is 0.965. The molecule has 2 aromatic carbocycles. The molecule has 1 atom stereocenters. The molecule has 140 valence electrons. The molecule has 7 heteroatoms. The molecule has 0 bridgehead atoms. The zero-order valence-corrected chi connectivity index (χ0v) is 16.1. The van der Waals surface area contributed by atoms with E-state index in [1.165, 1.54) is 18.4 Å². The molecule has 1 amide bonds. The van der Waals surface area contributed by atoms with Gasteiger partial charge in [-0.05, 0) is 49.7 Å². The van der Waals surface area contributed by atoms with Crippen LogP contribution in [0.2, 0.25) is 0 Å². The lowest BCUT2D eigenvalue weighted by atomic mass is 10.2. The van der Waals surface area contributed by atoms with Gasteiger partial charge in [-0.15, -0.1) is 0 Å². The van der Waals surface area contributed by atoms with Gasteiger partial charge in [-0.3, -0.25) is 10.1 Å². The van der Waals surface area contributed by atoms with Gasteiger partial charge in [0.2, 0.25) is 0 Å². The minimum atomic E-state index is -0.408. The van der Waals surface area contributed by atoms with Crippen LogP contribution in [0.4, 0.5) is 5.13 Å². The van der Waals surface area contributed by atoms with E-state index in [2.05, 4.69) is 10.3 Å². The van der Waals surface area contributed by atoms with Gasteiger partial charge in [0.05, 0.1) is 29.0 Å². The molecule has 3 rings (SSSR count). The molecule has 1 heterocycles. The number of esters is 1. The van der Waals surface area contributed by atoms with Gasteiger partial charge in [-0.1, -0.05) is 24.3 Å². The summed E-state index contributed by atoms with van der Waals surface area (Å²) in [4.78, 5) is 28.6. The standard InChI is InChI=1S/C20H20N2O4S/c1-4-12(2)26-15-7-5-6-13(10-15)18(23)22-20-21-16-9-8-14(19(24)25-3)11-17(16)27-20/h5-12H,4H2,1-3H3,(H,21,22,23). The molecule has 0 aliphatic heterocycles. The van der Waals surface area contributed by atoms with Gasteiger partial charge in [-0.25, -0.2) is 9.78 Å². The van der Waals surface area contributed by atoms with Crippen LogP contribution in [-0.2, 0) is 4.74 Å². The smallest absolute Gasteiger partial charge is 0.337 e. The zero-order chi connectivity index (χ0) is 19.4. The van der Waals surface area contributed by atoms with Crippen LogP contribution >= 0.6 is 11.3 Å². The van der Waals surface area contributed by atoms with E-state index in [1.54, 1.807) is 36.4 Å². The van der Waals surface area contributed by atoms with Crippen molar-refractivity contribution in [3.63, 3.8) is 0 Å². The monoisotopic (exact) mass is 384 g/mol. The molecule has 0 saturated carbocycles. The lowest BCUT2D eigenvalue weighted by Gasteiger charge is -2.13. The second-order valence-electron chi connectivity index (χ2n) is 6.01. The Bertz CT molecular complexity index is 983. The second kappa shape index (κ2) is 8.18. The summed E-state index contributed by atoms with van der Waals surface area (Å²) < 4.78 is 11.3. The van der Waals surface area contributed by atoms with E-state index in [0.717, 1.165) is 11.1 Å². The normalized spacial score (nSPS) is 11.8. The van der Waals surface area contributed by atoms with E-state index >= 15 is 0 Å². The molecule has 0 saturated heterocycles. The molecule has 1 N–H and O–H groups in total. The number of aromatic nitrogens is 1. The molecule has 0 spiro atoms. The SMILES string of the molecule is CCC(C)Oc1cccc(C(=O)Nc2nc3ccc(C(=O)OC)cc3s2)c1. The van der Waals surface area contributed by atoms with Gasteiger partial charge in [0.25, 0.3) is 5.91 Å². The minimum absolute atomic E-state index is 0.0802. The van der Waals surface area contributed by atoms with E-state index in [9.17, 15) is 9.59 Å². The maximum atomic E-state index is 12.5. The highest BCUT2D eigenvalue weighted by atomic mass is 32.1. The van der Waals surface area contributed by atoms with Crippen LogP contribution in [0.15, 0.2) is 42.5 Å². The number of carbonyl (C=O) groups is 2. The number of amides is 1. The van der Waals surface area contributed by atoms with Crippen molar-refractivity contribution in [1.29, 1.82) is 0 Å². The lowest BCUT2D eigenvalue weighted by molar-refractivity contribution is 0.0601. The predicted octanol–water partition coefficient (Wildman–Crippen LogP) is 4.51. The predicted molar refractivity (Wildman–Crippen MR) is 106 cm³/mol. The minimum Gasteiger partial charge on any atom is -0.491 e. The molecule has 0 fully saturated rings. The third-order valence-corrected chi connectivity index (χ3v) is 4.97. The zero-order valence-electron chi connectivity index (χ0n) is 15.3. The average Bonchev–Trinajstić information content (AvgIpc) is 3.08. The van der Waals surface area contributed by atoms with E-state index in [0.29, 0.717) is 27.5 Å². The molecule has 1 aromatic heterocycles. The van der Waals surface area contributed by atoms with Gasteiger partial charge in [-0.2, -0.15) is 0 Å². The number of thiazole rings is 1. The first-order chi connectivity index (χ1) is 13.0. The number of benzene rings is 2. The number of hydrogen-bond acceptors (Lipinski definition) is 6. The number of anilines is 1. The van der Waals surface area contributed by atoms with E-state index in [4.69, 9.17) is 9.47 Å². The fraction of sp³-hybridized carbons (Fsp3) is 0.250. The molecule has 3 aromatic rings. The summed E-state index contributed by atoms with van der Waals surface area (Å²) in [7, 11) is 1.34. The van der Waals surface area contributed by atoms with Gasteiger partial charge in [0.1, 0.15) is 5.75 Å². The molecule has 0 radical (unpaired) electrons. The van der Waals surface area contributed by atoms with Crippen LogP contribution in [0.25, 0.3) is 10.2 Å². The number of carbonyl (C=O) groups excluding carboxylic acids is 2. The van der Waals surface area contributed by atoms with Gasteiger partial charge in [0, 0.05) is 5.56 Å². The quantitative estimate of drug-likeness (QED) is 0.633. The Morgan fingerprint density at radius 3 is 2.74 bits per heavy atom. The first-order valence-corrected chi connectivity index (χ1v) is 9.38. The van der Waals surface area contributed by atoms with Crippen molar-refractivity contribution >= 4 is 38.6 Å². The lowest BCUT2D eigenvalue weighted by Crippen LogP contribution is -2.13. The van der Waals surface area contributed by atoms with Crippen molar-refractivity contribution in [3.05, 3.63) is 53.6 Å². The summed E-state index contributed by atoms with van der Waals surface area (Å²) in [5, 5.41) is 3.26. The molecule has 1 unspecified atom stereocenters. The summed E-state index contributed by atoms with van der Waals surface area (Å²) in [5.41, 5.74) is 1.64. The second-order valence-corrected chi connectivity index (χ2v) is 7.04. The van der Waals surface area contributed by atoms with Crippen LogP contribution in [-0.4, -0.2) is 30.1 Å². The van der Waals surface area contributed by atoms with Crippen molar-refractivity contribution in [2.24, 2.45) is 0 Å². The van der Waals surface area contributed by atoms with Crippen LogP contribution in [0.3, 0.4) is 0 Å². The number of methoxy groups -OCH3 is 1. The summed E-state index contributed by atoms with van der Waals surface area (Å²) >= 11 is 1.30. The van der Waals surface area contributed by atoms with Crippen molar-refractivity contribution in [3.8, 4) is 5.75 Å². The van der Waals surface area contributed by atoms with Crippen LogP contribution < -0.4 is 10.1 Å². The molecule has 6 nitrogen and oxygen atoms in total. The van der Waals surface area contributed by atoms with Gasteiger partial charge < -0.3 is 9.47 Å². The van der Waals surface area contributed by atoms with Gasteiger partial charge in [0.15, 0.2) is 5.13 Å². The Morgan fingerprint density at radius 1 is 1.19 bits per heavy atom. The Morgan fingerprint density at radius 2 is 2.00 bits per heavy atom. The van der Waals surface area contributed by atoms with E-state index < -0.39 is 5.97 Å². The topological polar surface area (TPSA) is 77.5 Å². The van der Waals surface area contributed by atoms with Crippen molar-refractivity contribution in [1.82, 2.24) is 4.98 Å². The van der Waals surface area contributed by atoms with Crippen molar-refractivity contribution in [2.45, 2.75) is 26.4 Å². The van der Waals surface area contributed by atoms with Crippen LogP contribution in [0, 0.1) is 0 Å². The van der Waals surface area contributed by atoms with E-state index in [-0.39, 0.29) is 12.0 Å². The highest BCUT2D eigenvalue weighted by Crippen LogP contribution is 2.27. The third-order valence-electron chi connectivity index (χ3n) is 4.04. The van der Waals surface area contributed by atoms with Crippen molar-refractivity contribution in [2.75, 3.05) is 12.4 Å². The number of nitrogens with one attached hydrogen (secondary N) is 1. The fourth-order valence-electron chi connectivity index (χ4n) is 2.42. The Kier molecular flexibility index (Phi) is 5.71. The number of fused-ring (bicyclic) bond motifs is 1. The molecular weight excluding hydrogens is 364 g/mol. The number of hydrogen-bond donors (Lipinski definition) is 1. The maximum absolute atomic E-state index is 12.5. The molecule has 0 aliphatic rings. The van der Waals surface area contributed by atoms with E-state index in [1.807, 2.05) is 19.9 Å². The summed E-state index contributed by atoms with van der Waals surface area (Å²) in [6, 6.07) is 12.1. The Hall–Kier alpha value is -2.93. The van der Waals surface area contributed by atoms with Gasteiger partial charge >= 0.3 is 5.97 Å². The fourth-order valence-corrected chi connectivity index (χ4v) is 3.32. The van der Waals surface area contributed by atoms with Crippen LogP contribution in [0.5, 0.6) is 5.75 Å². The molecule has 0 aliphatic carbocycles. The maximum Gasteiger partial charge on any atom is 0.337 e. The molecular formula is C20H20N2O4S. The average molecular weight is 384 g/mol. The Balaban J connectivity index is 1.77. The number of ether oxygens (including phenoxy) is 2. The van der Waals surface area contributed by atoms with Crippen molar-refractivity contribution < 1.29 is 19.1 Å². The highest BCUT2D eigenvalue weighted by molar-refractivity contribution is 7.22.